The Kier molecular flexibility index (Phi) is 5.38. The first kappa shape index (κ1) is 12.5. The molecule has 1 aromatic rings. The van der Waals surface area contributed by atoms with E-state index in [2.05, 4.69) is 23.1 Å². The largest absolute Gasteiger partial charge is 0.481 e. The van der Waals surface area contributed by atoms with Gasteiger partial charge in [0.25, 0.3) is 0 Å². The third kappa shape index (κ3) is 3.92. The lowest BCUT2D eigenvalue weighted by molar-refractivity contribution is 0.394. The molecule has 0 aromatic carbocycles. The van der Waals surface area contributed by atoms with Crippen LogP contribution in [0.1, 0.15) is 25.5 Å². The minimum Gasteiger partial charge on any atom is -0.481 e. The van der Waals surface area contributed by atoms with E-state index in [0.29, 0.717) is 11.9 Å². The van der Waals surface area contributed by atoms with Gasteiger partial charge in [-0.3, -0.25) is 0 Å². The van der Waals surface area contributed by atoms with Crippen LogP contribution >= 0.6 is 0 Å². The fourth-order valence-electron chi connectivity index (χ4n) is 1.42. The summed E-state index contributed by atoms with van der Waals surface area (Å²) >= 11 is 0. The number of terminal acetylenes is 1. The van der Waals surface area contributed by atoms with E-state index in [9.17, 15) is 0 Å². The average Bonchev–Trinajstić information content (AvgIpc) is 2.34. The van der Waals surface area contributed by atoms with Crippen LogP contribution in [0.5, 0.6) is 5.88 Å². The van der Waals surface area contributed by atoms with Crippen molar-refractivity contribution in [3.63, 3.8) is 0 Å². The molecule has 1 rings (SSSR count). The van der Waals surface area contributed by atoms with E-state index in [1.807, 2.05) is 18.2 Å². The number of ether oxygens (including phenoxy) is 1. The molecule has 0 aliphatic carbocycles. The molecular formula is C13H18N2O. The highest BCUT2D eigenvalue weighted by Gasteiger charge is 2.04. The maximum absolute atomic E-state index is 5.29. The zero-order valence-electron chi connectivity index (χ0n) is 9.86. The molecule has 0 aliphatic heterocycles. The highest BCUT2D eigenvalue weighted by Crippen LogP contribution is 2.07. The summed E-state index contributed by atoms with van der Waals surface area (Å²) in [5.41, 5.74) is 0.967. The fraction of sp³-hybridized carbons (Fsp3) is 0.462. The topological polar surface area (TPSA) is 34.1 Å². The molecule has 16 heavy (non-hydrogen) atoms. The molecule has 0 aliphatic rings. The van der Waals surface area contributed by atoms with Gasteiger partial charge in [0.1, 0.15) is 0 Å². The van der Waals surface area contributed by atoms with Crippen LogP contribution in [-0.4, -0.2) is 18.1 Å². The van der Waals surface area contributed by atoms with Gasteiger partial charge in [0.05, 0.1) is 12.8 Å². The van der Waals surface area contributed by atoms with Crippen molar-refractivity contribution in [3.05, 3.63) is 23.9 Å². The van der Waals surface area contributed by atoms with Crippen LogP contribution in [0.15, 0.2) is 18.2 Å². The first-order chi connectivity index (χ1) is 7.80. The van der Waals surface area contributed by atoms with Crippen LogP contribution in [0.3, 0.4) is 0 Å². The van der Waals surface area contributed by atoms with Crippen LogP contribution < -0.4 is 10.1 Å². The third-order valence-electron chi connectivity index (χ3n) is 2.42. The molecule has 1 atom stereocenters. The van der Waals surface area contributed by atoms with E-state index in [-0.39, 0.29) is 0 Å². The molecular weight excluding hydrogens is 200 g/mol. The Labute approximate surface area is 97.2 Å². The lowest BCUT2D eigenvalue weighted by atomic mass is 10.1. The monoisotopic (exact) mass is 218 g/mol. The van der Waals surface area contributed by atoms with E-state index in [4.69, 9.17) is 11.2 Å². The molecule has 1 heterocycles. The van der Waals surface area contributed by atoms with Gasteiger partial charge in [-0.15, -0.1) is 12.3 Å². The number of nitrogens with zero attached hydrogens (tertiary/aromatic N) is 1. The van der Waals surface area contributed by atoms with Crippen molar-refractivity contribution in [3.8, 4) is 18.2 Å². The molecule has 0 amide bonds. The smallest absolute Gasteiger partial charge is 0.213 e. The normalized spacial score (nSPS) is 11.8. The Bertz CT molecular complexity index is 357. The van der Waals surface area contributed by atoms with Crippen molar-refractivity contribution < 1.29 is 4.74 Å². The zero-order chi connectivity index (χ0) is 11.8. The van der Waals surface area contributed by atoms with Gasteiger partial charge in [-0.05, 0) is 12.5 Å². The number of methoxy groups -OCH3 is 1. The van der Waals surface area contributed by atoms with Gasteiger partial charge in [-0.2, -0.15) is 0 Å². The van der Waals surface area contributed by atoms with Crippen molar-refractivity contribution in [2.75, 3.05) is 7.11 Å². The summed E-state index contributed by atoms with van der Waals surface area (Å²) in [5, 5.41) is 3.38. The van der Waals surface area contributed by atoms with Crippen LogP contribution in [0.2, 0.25) is 0 Å². The predicted molar refractivity (Wildman–Crippen MR) is 65.2 cm³/mol. The summed E-state index contributed by atoms with van der Waals surface area (Å²) < 4.78 is 5.06. The zero-order valence-corrected chi connectivity index (χ0v) is 9.86. The Morgan fingerprint density at radius 3 is 3.00 bits per heavy atom. The van der Waals surface area contributed by atoms with Crippen molar-refractivity contribution >= 4 is 0 Å². The van der Waals surface area contributed by atoms with Crippen molar-refractivity contribution in [2.45, 2.75) is 32.4 Å². The summed E-state index contributed by atoms with van der Waals surface area (Å²) in [6.07, 6.45) is 7.07. The summed E-state index contributed by atoms with van der Waals surface area (Å²) in [7, 11) is 1.62. The quantitative estimate of drug-likeness (QED) is 0.741. The molecule has 1 aromatic heterocycles. The molecule has 86 valence electrons. The van der Waals surface area contributed by atoms with Gasteiger partial charge in [0.2, 0.25) is 5.88 Å². The lowest BCUT2D eigenvalue weighted by Gasteiger charge is -2.13. The number of nitrogens with one attached hydrogen (secondary N) is 1. The average molecular weight is 218 g/mol. The number of rotatable bonds is 6. The molecule has 0 saturated heterocycles. The number of pyridine rings is 1. The molecule has 0 fully saturated rings. The Hall–Kier alpha value is -1.53. The van der Waals surface area contributed by atoms with Crippen LogP contribution in [0, 0.1) is 12.3 Å². The second kappa shape index (κ2) is 6.86. The minimum atomic E-state index is 0.359. The second-order valence-corrected chi connectivity index (χ2v) is 3.57. The van der Waals surface area contributed by atoms with Gasteiger partial charge in [-0.25, -0.2) is 4.98 Å². The summed E-state index contributed by atoms with van der Waals surface area (Å²) in [6.45, 7) is 2.84. The van der Waals surface area contributed by atoms with E-state index in [0.717, 1.165) is 25.1 Å². The predicted octanol–water partition coefficient (Wildman–Crippen LogP) is 1.98. The van der Waals surface area contributed by atoms with Crippen LogP contribution in [-0.2, 0) is 6.54 Å². The van der Waals surface area contributed by atoms with Gasteiger partial charge in [0, 0.05) is 25.1 Å². The first-order valence-corrected chi connectivity index (χ1v) is 5.47. The molecule has 3 heteroatoms. The van der Waals surface area contributed by atoms with Crippen molar-refractivity contribution in [1.82, 2.24) is 10.3 Å². The molecule has 0 spiro atoms. The molecule has 1 unspecified atom stereocenters. The summed E-state index contributed by atoms with van der Waals surface area (Å²) in [5.74, 6) is 3.31. The molecule has 3 nitrogen and oxygen atoms in total. The van der Waals surface area contributed by atoms with Gasteiger partial charge in [0.15, 0.2) is 0 Å². The molecule has 0 radical (unpaired) electrons. The Morgan fingerprint density at radius 1 is 1.56 bits per heavy atom. The van der Waals surface area contributed by atoms with E-state index in [1.165, 1.54) is 0 Å². The highest BCUT2D eigenvalue weighted by atomic mass is 16.5. The lowest BCUT2D eigenvalue weighted by Crippen LogP contribution is -2.27. The highest BCUT2D eigenvalue weighted by molar-refractivity contribution is 5.15. The van der Waals surface area contributed by atoms with Crippen molar-refractivity contribution in [2.24, 2.45) is 0 Å². The Morgan fingerprint density at radius 2 is 2.38 bits per heavy atom. The SMILES string of the molecule is C#CCC(CC)NCc1cccc(OC)n1. The van der Waals surface area contributed by atoms with E-state index in [1.54, 1.807) is 7.11 Å². The van der Waals surface area contributed by atoms with Crippen LogP contribution in [0.4, 0.5) is 0 Å². The van der Waals surface area contributed by atoms with Crippen LogP contribution in [0.25, 0.3) is 0 Å². The fourth-order valence-corrected chi connectivity index (χ4v) is 1.42. The molecule has 0 bridgehead atoms. The molecule has 1 N–H and O–H groups in total. The third-order valence-corrected chi connectivity index (χ3v) is 2.42. The molecule has 0 saturated carbocycles. The number of aromatic nitrogens is 1. The maximum atomic E-state index is 5.29. The number of hydrogen-bond acceptors (Lipinski definition) is 3. The maximum Gasteiger partial charge on any atom is 0.213 e. The van der Waals surface area contributed by atoms with Gasteiger partial charge in [-0.1, -0.05) is 13.0 Å². The Balaban J connectivity index is 2.50. The van der Waals surface area contributed by atoms with E-state index < -0.39 is 0 Å². The number of hydrogen-bond donors (Lipinski definition) is 1. The summed E-state index contributed by atoms with van der Waals surface area (Å²) in [6, 6.07) is 6.10. The van der Waals surface area contributed by atoms with Gasteiger partial charge < -0.3 is 10.1 Å². The minimum absolute atomic E-state index is 0.359. The first-order valence-electron chi connectivity index (χ1n) is 5.47. The van der Waals surface area contributed by atoms with Crippen molar-refractivity contribution in [1.29, 1.82) is 0 Å². The summed E-state index contributed by atoms with van der Waals surface area (Å²) in [4.78, 5) is 4.32. The standard InChI is InChI=1S/C13H18N2O/c1-4-7-11(5-2)14-10-12-8-6-9-13(15-12)16-3/h1,6,8-9,11,14H,5,7,10H2,2-3H3. The van der Waals surface area contributed by atoms with Gasteiger partial charge >= 0.3 is 0 Å². The second-order valence-electron chi connectivity index (χ2n) is 3.57. The van der Waals surface area contributed by atoms with E-state index >= 15 is 0 Å².